The molecule has 2 N–H and O–H groups in total. The number of hydrogen-bond acceptors (Lipinski definition) is 4. The Morgan fingerprint density at radius 3 is 2.48 bits per heavy atom. The molecule has 0 atom stereocenters. The Balaban J connectivity index is 2.18. The summed E-state index contributed by atoms with van der Waals surface area (Å²) in [5, 5.41) is 4.33. The lowest BCUT2D eigenvalue weighted by molar-refractivity contribution is 0.00578. The van der Waals surface area contributed by atoms with Gasteiger partial charge in [-0.15, -0.1) is 0 Å². The van der Waals surface area contributed by atoms with E-state index in [0.717, 1.165) is 24.0 Å². The van der Waals surface area contributed by atoms with Gasteiger partial charge in [-0.25, -0.2) is 0 Å². The fourth-order valence-electron chi connectivity index (χ4n) is 2.24. The summed E-state index contributed by atoms with van der Waals surface area (Å²) in [4.78, 5) is 0. The molecule has 0 aliphatic carbocycles. The molecule has 1 aliphatic rings. The van der Waals surface area contributed by atoms with E-state index in [1.165, 1.54) is 0 Å². The van der Waals surface area contributed by atoms with Crippen LogP contribution in [0.15, 0.2) is 17.9 Å². The zero-order valence-corrected chi connectivity index (χ0v) is 13.7. The van der Waals surface area contributed by atoms with Crippen LogP contribution in [0.1, 0.15) is 46.6 Å². The van der Waals surface area contributed by atoms with Gasteiger partial charge in [0.15, 0.2) is 0 Å². The van der Waals surface area contributed by atoms with Gasteiger partial charge in [0.05, 0.1) is 17.4 Å². The zero-order chi connectivity index (χ0) is 15.7. The van der Waals surface area contributed by atoms with E-state index in [1.807, 2.05) is 50.8 Å². The van der Waals surface area contributed by atoms with Crippen molar-refractivity contribution >= 4 is 13.2 Å². The molecule has 0 saturated carbocycles. The summed E-state index contributed by atoms with van der Waals surface area (Å²) >= 11 is 0. The van der Waals surface area contributed by atoms with Crippen molar-refractivity contribution in [2.45, 2.75) is 58.8 Å². The minimum atomic E-state index is -0.394. The van der Waals surface area contributed by atoms with Crippen molar-refractivity contribution < 1.29 is 9.31 Å². The van der Waals surface area contributed by atoms with Crippen LogP contribution in [0, 0.1) is 0 Å². The van der Waals surface area contributed by atoms with Crippen molar-refractivity contribution in [2.75, 3.05) is 6.54 Å². The molecule has 1 saturated heterocycles. The van der Waals surface area contributed by atoms with Crippen LogP contribution < -0.4 is 5.73 Å². The first-order chi connectivity index (χ1) is 9.79. The Morgan fingerprint density at radius 1 is 1.33 bits per heavy atom. The first kappa shape index (κ1) is 16.3. The molecule has 0 spiro atoms. The molecule has 0 bridgehead atoms. The highest BCUT2D eigenvalue weighted by atomic mass is 16.7. The number of nitrogens with two attached hydrogens (primary N) is 1. The van der Waals surface area contributed by atoms with Crippen LogP contribution in [0.5, 0.6) is 0 Å². The number of aromatic nitrogens is 2. The van der Waals surface area contributed by atoms with Crippen LogP contribution >= 0.6 is 0 Å². The van der Waals surface area contributed by atoms with E-state index < -0.39 is 7.12 Å². The standard InChI is InChI=1S/C15H26BN3O2/c1-6-7-19-11-12(10-18-19)8-13(9-17)16-20-14(2,3)15(4,5)21-16/h8,10-11H,6-7,9,17H2,1-5H3. The van der Waals surface area contributed by atoms with Gasteiger partial charge < -0.3 is 15.0 Å². The molecule has 2 heterocycles. The van der Waals surface area contributed by atoms with E-state index in [1.54, 1.807) is 0 Å². The highest BCUT2D eigenvalue weighted by Gasteiger charge is 2.52. The Labute approximate surface area is 127 Å². The second kappa shape index (κ2) is 5.95. The summed E-state index contributed by atoms with van der Waals surface area (Å²) < 4.78 is 14.0. The Kier molecular flexibility index (Phi) is 4.61. The highest BCUT2D eigenvalue weighted by Crippen LogP contribution is 2.38. The molecule has 0 radical (unpaired) electrons. The first-order valence-corrected chi connectivity index (χ1v) is 7.57. The van der Waals surface area contributed by atoms with Gasteiger partial charge in [-0.2, -0.15) is 5.10 Å². The minimum Gasteiger partial charge on any atom is -0.400 e. The van der Waals surface area contributed by atoms with Gasteiger partial charge in [-0.3, -0.25) is 4.68 Å². The molecule has 0 aromatic carbocycles. The monoisotopic (exact) mass is 291 g/mol. The maximum Gasteiger partial charge on any atom is 0.491 e. The van der Waals surface area contributed by atoms with Gasteiger partial charge in [0.25, 0.3) is 0 Å². The van der Waals surface area contributed by atoms with Crippen LogP contribution in [-0.4, -0.2) is 34.6 Å². The van der Waals surface area contributed by atoms with Crippen molar-refractivity contribution in [1.82, 2.24) is 9.78 Å². The molecule has 1 aliphatic heterocycles. The third kappa shape index (κ3) is 3.39. The van der Waals surface area contributed by atoms with Gasteiger partial charge in [-0.1, -0.05) is 13.0 Å². The topological polar surface area (TPSA) is 62.3 Å². The Hall–Kier alpha value is -1.11. The largest absolute Gasteiger partial charge is 0.491 e. The molecule has 6 heteroatoms. The number of rotatable bonds is 5. The number of hydrogen-bond donors (Lipinski definition) is 1. The zero-order valence-electron chi connectivity index (χ0n) is 13.7. The van der Waals surface area contributed by atoms with Gasteiger partial charge in [0, 0.05) is 24.8 Å². The summed E-state index contributed by atoms with van der Waals surface area (Å²) in [6.07, 6.45) is 6.94. The molecule has 21 heavy (non-hydrogen) atoms. The van der Waals surface area contributed by atoms with E-state index in [2.05, 4.69) is 12.0 Å². The third-order valence-electron chi connectivity index (χ3n) is 4.25. The van der Waals surface area contributed by atoms with Crippen molar-refractivity contribution in [1.29, 1.82) is 0 Å². The van der Waals surface area contributed by atoms with Crippen LogP contribution in [0.4, 0.5) is 0 Å². The summed E-state index contributed by atoms with van der Waals surface area (Å²) in [6.45, 7) is 11.6. The highest BCUT2D eigenvalue weighted by molar-refractivity contribution is 6.55. The SMILES string of the molecule is CCCn1cc(C=C(CN)B2OC(C)(C)C(C)(C)O2)cn1. The van der Waals surface area contributed by atoms with Crippen LogP contribution in [0.3, 0.4) is 0 Å². The molecular formula is C15H26BN3O2. The molecule has 5 nitrogen and oxygen atoms in total. The third-order valence-corrected chi connectivity index (χ3v) is 4.25. The predicted octanol–water partition coefficient (Wildman–Crippen LogP) is 2.27. The van der Waals surface area contributed by atoms with E-state index in [-0.39, 0.29) is 11.2 Å². The van der Waals surface area contributed by atoms with Crippen molar-refractivity contribution in [3.05, 3.63) is 23.4 Å². The molecule has 1 aromatic heterocycles. The normalized spacial score (nSPS) is 21.0. The van der Waals surface area contributed by atoms with Crippen molar-refractivity contribution in [3.63, 3.8) is 0 Å². The van der Waals surface area contributed by atoms with Crippen LogP contribution in [0.25, 0.3) is 6.08 Å². The first-order valence-electron chi connectivity index (χ1n) is 7.57. The molecule has 0 amide bonds. The van der Waals surface area contributed by atoms with E-state index in [4.69, 9.17) is 15.0 Å². The summed E-state index contributed by atoms with van der Waals surface area (Å²) in [6, 6.07) is 0. The fraction of sp³-hybridized carbons (Fsp3) is 0.667. The average Bonchev–Trinajstić information content (AvgIpc) is 2.90. The van der Waals surface area contributed by atoms with Gasteiger partial charge >= 0.3 is 7.12 Å². The second-order valence-electron chi connectivity index (χ2n) is 6.55. The lowest BCUT2D eigenvalue weighted by atomic mass is 9.77. The van der Waals surface area contributed by atoms with Gasteiger partial charge in [-0.05, 0) is 39.6 Å². The molecular weight excluding hydrogens is 265 g/mol. The quantitative estimate of drug-likeness (QED) is 0.845. The van der Waals surface area contributed by atoms with Crippen LogP contribution in [-0.2, 0) is 15.9 Å². The average molecular weight is 291 g/mol. The number of aryl methyl sites for hydroxylation is 1. The van der Waals surface area contributed by atoms with E-state index in [9.17, 15) is 0 Å². The predicted molar refractivity (Wildman–Crippen MR) is 85.6 cm³/mol. The van der Waals surface area contributed by atoms with Crippen molar-refractivity contribution in [3.8, 4) is 0 Å². The van der Waals surface area contributed by atoms with Crippen LogP contribution in [0.2, 0.25) is 0 Å². The van der Waals surface area contributed by atoms with E-state index in [0.29, 0.717) is 6.54 Å². The number of nitrogens with zero attached hydrogens (tertiary/aromatic N) is 2. The summed E-state index contributed by atoms with van der Waals surface area (Å²) in [7, 11) is -0.394. The Bertz CT molecular complexity index is 507. The van der Waals surface area contributed by atoms with Gasteiger partial charge in [0.1, 0.15) is 0 Å². The lowest BCUT2D eigenvalue weighted by Gasteiger charge is -2.32. The minimum absolute atomic E-state index is 0.349. The molecule has 1 aromatic rings. The smallest absolute Gasteiger partial charge is 0.400 e. The molecule has 116 valence electrons. The summed E-state index contributed by atoms with van der Waals surface area (Å²) in [5.74, 6) is 0. The van der Waals surface area contributed by atoms with Crippen molar-refractivity contribution in [2.24, 2.45) is 5.73 Å². The molecule has 0 unspecified atom stereocenters. The maximum absolute atomic E-state index is 6.05. The molecule has 1 fully saturated rings. The fourth-order valence-corrected chi connectivity index (χ4v) is 2.24. The lowest BCUT2D eigenvalue weighted by Crippen LogP contribution is -2.41. The van der Waals surface area contributed by atoms with E-state index >= 15 is 0 Å². The molecule has 2 rings (SSSR count). The van der Waals surface area contributed by atoms with Gasteiger partial charge in [0.2, 0.25) is 0 Å². The maximum atomic E-state index is 6.05. The Morgan fingerprint density at radius 2 is 1.95 bits per heavy atom. The summed E-state index contributed by atoms with van der Waals surface area (Å²) in [5.41, 5.74) is 7.15. The second-order valence-corrected chi connectivity index (χ2v) is 6.55.